The van der Waals surface area contributed by atoms with Crippen molar-refractivity contribution in [2.24, 2.45) is 0 Å². The molecule has 0 aliphatic carbocycles. The van der Waals surface area contributed by atoms with Crippen LogP contribution in [0.2, 0.25) is 0 Å². The van der Waals surface area contributed by atoms with Gasteiger partial charge < -0.3 is 0 Å². The van der Waals surface area contributed by atoms with Gasteiger partial charge >= 0.3 is 0 Å². The summed E-state index contributed by atoms with van der Waals surface area (Å²) in [5.74, 6) is -0.0386. The molecule has 0 spiro atoms. The Bertz CT molecular complexity index is 922. The molecule has 1 N–H and O–H groups in total. The van der Waals surface area contributed by atoms with Crippen LogP contribution < -0.4 is 4.72 Å². The number of nitrogens with one attached hydrogen (secondary N) is 1. The molecule has 128 valence electrons. The lowest BCUT2D eigenvalue weighted by molar-refractivity contribution is 0.571. The summed E-state index contributed by atoms with van der Waals surface area (Å²) in [5, 5.41) is 0. The van der Waals surface area contributed by atoms with Crippen LogP contribution in [0.3, 0.4) is 0 Å². The van der Waals surface area contributed by atoms with Gasteiger partial charge in [0.05, 0.1) is 11.8 Å². The first-order valence-corrected chi connectivity index (χ1v) is 9.85. The topological polar surface area (TPSA) is 46.2 Å². The summed E-state index contributed by atoms with van der Waals surface area (Å²) in [6, 6.07) is 26.3. The molecule has 0 saturated carbocycles. The third kappa shape index (κ3) is 4.56. The zero-order valence-electron chi connectivity index (χ0n) is 14.1. The van der Waals surface area contributed by atoms with Gasteiger partial charge in [0.25, 0.3) is 0 Å². The second-order valence-electron chi connectivity index (χ2n) is 6.06. The molecule has 4 heteroatoms. The summed E-state index contributed by atoms with van der Waals surface area (Å²) >= 11 is 0. The minimum Gasteiger partial charge on any atom is -0.212 e. The summed E-state index contributed by atoms with van der Waals surface area (Å²) in [6.07, 6.45) is 0. The van der Waals surface area contributed by atoms with Gasteiger partial charge in [0.1, 0.15) is 0 Å². The van der Waals surface area contributed by atoms with E-state index in [0.717, 1.165) is 22.3 Å². The fourth-order valence-corrected chi connectivity index (χ4v) is 4.22. The van der Waals surface area contributed by atoms with Crippen LogP contribution >= 0.6 is 0 Å². The SMILES string of the molecule is Cc1ccccc1[C@@H](NS(=O)(=O)Cc1ccccc1)c1ccccc1. The highest BCUT2D eigenvalue weighted by Gasteiger charge is 2.22. The average Bonchev–Trinajstić information content (AvgIpc) is 2.62. The Labute approximate surface area is 149 Å². The van der Waals surface area contributed by atoms with Crippen molar-refractivity contribution < 1.29 is 8.42 Å². The van der Waals surface area contributed by atoms with Gasteiger partial charge in [0.15, 0.2) is 0 Å². The largest absolute Gasteiger partial charge is 0.216 e. The van der Waals surface area contributed by atoms with Gasteiger partial charge in [0, 0.05) is 0 Å². The van der Waals surface area contributed by atoms with E-state index < -0.39 is 16.1 Å². The molecule has 3 aromatic carbocycles. The molecule has 0 fully saturated rings. The number of rotatable bonds is 6. The van der Waals surface area contributed by atoms with Gasteiger partial charge in [-0.3, -0.25) is 0 Å². The van der Waals surface area contributed by atoms with Crippen molar-refractivity contribution in [1.82, 2.24) is 4.72 Å². The van der Waals surface area contributed by atoms with E-state index in [-0.39, 0.29) is 5.75 Å². The van der Waals surface area contributed by atoms with E-state index in [1.54, 1.807) is 0 Å². The summed E-state index contributed by atoms with van der Waals surface area (Å²) in [6.45, 7) is 2.00. The monoisotopic (exact) mass is 351 g/mol. The lowest BCUT2D eigenvalue weighted by Gasteiger charge is -2.21. The third-order valence-corrected chi connectivity index (χ3v) is 5.44. The molecule has 0 bridgehead atoms. The molecule has 1 atom stereocenters. The summed E-state index contributed by atoms with van der Waals surface area (Å²) in [5.41, 5.74) is 3.71. The second kappa shape index (κ2) is 7.64. The van der Waals surface area contributed by atoms with Crippen LogP contribution in [0.4, 0.5) is 0 Å². The standard InChI is InChI=1S/C21H21NO2S/c1-17-10-8-9-15-20(17)21(19-13-6-3-7-14-19)22-25(23,24)16-18-11-4-2-5-12-18/h2-15,21-22H,16H2,1H3/t21-/m0/s1. The van der Waals surface area contributed by atoms with E-state index in [1.165, 1.54) is 0 Å². The van der Waals surface area contributed by atoms with Crippen molar-refractivity contribution >= 4 is 10.0 Å². The van der Waals surface area contributed by atoms with Crippen molar-refractivity contribution in [1.29, 1.82) is 0 Å². The first-order valence-electron chi connectivity index (χ1n) is 8.19. The molecule has 0 radical (unpaired) electrons. The van der Waals surface area contributed by atoms with Crippen molar-refractivity contribution in [3.63, 3.8) is 0 Å². The molecule has 0 unspecified atom stereocenters. The highest BCUT2D eigenvalue weighted by atomic mass is 32.2. The van der Waals surface area contributed by atoms with Gasteiger partial charge in [0.2, 0.25) is 10.0 Å². The molecule has 25 heavy (non-hydrogen) atoms. The van der Waals surface area contributed by atoms with E-state index in [9.17, 15) is 8.42 Å². The first kappa shape index (κ1) is 17.4. The molecular formula is C21H21NO2S. The second-order valence-corrected chi connectivity index (χ2v) is 7.82. The van der Waals surface area contributed by atoms with E-state index in [1.807, 2.05) is 91.9 Å². The minimum absolute atomic E-state index is 0.0386. The van der Waals surface area contributed by atoms with E-state index in [4.69, 9.17) is 0 Å². The quantitative estimate of drug-likeness (QED) is 0.723. The Hall–Kier alpha value is -2.43. The van der Waals surface area contributed by atoms with Crippen molar-refractivity contribution in [3.8, 4) is 0 Å². The maximum absolute atomic E-state index is 12.8. The average molecular weight is 351 g/mol. The van der Waals surface area contributed by atoms with Crippen LogP contribution in [0.1, 0.15) is 28.3 Å². The van der Waals surface area contributed by atoms with Crippen LogP contribution in [0, 0.1) is 6.92 Å². The zero-order valence-corrected chi connectivity index (χ0v) is 14.9. The molecule has 0 saturated heterocycles. The fraction of sp³-hybridized carbons (Fsp3) is 0.143. The highest BCUT2D eigenvalue weighted by Crippen LogP contribution is 2.26. The van der Waals surface area contributed by atoms with Gasteiger partial charge in [-0.25, -0.2) is 13.1 Å². The van der Waals surface area contributed by atoms with E-state index >= 15 is 0 Å². The maximum atomic E-state index is 12.8. The number of benzene rings is 3. The molecule has 0 aliphatic rings. The van der Waals surface area contributed by atoms with Gasteiger partial charge in [-0.05, 0) is 29.2 Å². The van der Waals surface area contributed by atoms with Crippen LogP contribution in [-0.4, -0.2) is 8.42 Å². The number of hydrogen-bond acceptors (Lipinski definition) is 2. The van der Waals surface area contributed by atoms with E-state index in [0.29, 0.717) is 0 Å². The maximum Gasteiger partial charge on any atom is 0.216 e. The molecule has 0 heterocycles. The Morgan fingerprint density at radius 3 is 2.00 bits per heavy atom. The summed E-state index contributed by atoms with van der Waals surface area (Å²) in [4.78, 5) is 0. The Morgan fingerprint density at radius 1 is 0.800 bits per heavy atom. The first-order chi connectivity index (χ1) is 12.1. The minimum atomic E-state index is -3.50. The van der Waals surface area contributed by atoms with Crippen molar-refractivity contribution in [2.75, 3.05) is 0 Å². The number of aryl methyl sites for hydroxylation is 1. The van der Waals surface area contributed by atoms with E-state index in [2.05, 4.69) is 4.72 Å². The molecule has 3 aromatic rings. The Kier molecular flexibility index (Phi) is 5.31. The fourth-order valence-electron chi connectivity index (χ4n) is 2.88. The van der Waals surface area contributed by atoms with Crippen LogP contribution in [0.25, 0.3) is 0 Å². The van der Waals surface area contributed by atoms with Crippen LogP contribution in [0.5, 0.6) is 0 Å². The lowest BCUT2D eigenvalue weighted by atomic mass is 9.96. The lowest BCUT2D eigenvalue weighted by Crippen LogP contribution is -2.31. The number of sulfonamides is 1. The molecular weight excluding hydrogens is 330 g/mol. The molecule has 3 rings (SSSR count). The van der Waals surface area contributed by atoms with Gasteiger partial charge in [-0.2, -0.15) is 0 Å². The Morgan fingerprint density at radius 2 is 1.36 bits per heavy atom. The molecule has 0 aliphatic heterocycles. The normalized spacial score (nSPS) is 12.7. The highest BCUT2D eigenvalue weighted by molar-refractivity contribution is 7.88. The molecule has 0 aromatic heterocycles. The van der Waals surface area contributed by atoms with Gasteiger partial charge in [-0.15, -0.1) is 0 Å². The molecule has 0 amide bonds. The summed E-state index contributed by atoms with van der Waals surface area (Å²) < 4.78 is 28.4. The third-order valence-electron chi connectivity index (χ3n) is 4.13. The van der Waals surface area contributed by atoms with Crippen molar-refractivity contribution in [3.05, 3.63) is 107 Å². The molecule has 3 nitrogen and oxygen atoms in total. The van der Waals surface area contributed by atoms with Crippen LogP contribution in [0.15, 0.2) is 84.9 Å². The predicted molar refractivity (Wildman–Crippen MR) is 102 cm³/mol. The number of hydrogen-bond donors (Lipinski definition) is 1. The Balaban J connectivity index is 1.94. The van der Waals surface area contributed by atoms with Crippen molar-refractivity contribution in [2.45, 2.75) is 18.7 Å². The smallest absolute Gasteiger partial charge is 0.212 e. The zero-order chi connectivity index (χ0) is 17.7. The predicted octanol–water partition coefficient (Wildman–Crippen LogP) is 4.20. The van der Waals surface area contributed by atoms with Crippen LogP contribution in [-0.2, 0) is 15.8 Å². The summed E-state index contributed by atoms with van der Waals surface area (Å²) in [7, 11) is -3.50. The van der Waals surface area contributed by atoms with Gasteiger partial charge in [-0.1, -0.05) is 84.9 Å².